The molecule has 4 aromatic rings. The van der Waals surface area contributed by atoms with Gasteiger partial charge in [0.15, 0.2) is 5.69 Å². The van der Waals surface area contributed by atoms with Crippen molar-refractivity contribution in [3.63, 3.8) is 0 Å². The molecule has 0 unspecified atom stereocenters. The fourth-order valence-electron chi connectivity index (χ4n) is 3.22. The number of nitrogens with zero attached hydrogens (tertiary/aromatic N) is 3. The number of thiazole rings is 1. The molecule has 0 bridgehead atoms. The van der Waals surface area contributed by atoms with Crippen molar-refractivity contribution in [1.82, 2.24) is 14.8 Å². The molecule has 0 amide bonds. The monoisotopic (exact) mass is 435 g/mol. The molecule has 0 radical (unpaired) electrons. The maximum absolute atomic E-state index is 12.8. The van der Waals surface area contributed by atoms with Crippen molar-refractivity contribution in [3.8, 4) is 16.3 Å². The fourth-order valence-corrected chi connectivity index (χ4v) is 4.02. The smallest absolute Gasteiger partial charge is 0.359 e. The summed E-state index contributed by atoms with van der Waals surface area (Å²) >= 11 is 1.46. The molecule has 7 nitrogen and oxygen atoms in total. The minimum atomic E-state index is -0.586. The maximum atomic E-state index is 12.8. The summed E-state index contributed by atoms with van der Waals surface area (Å²) in [6, 6.07) is 14.6. The molecule has 158 valence electrons. The Morgan fingerprint density at radius 1 is 1.13 bits per heavy atom. The van der Waals surface area contributed by atoms with Gasteiger partial charge >= 0.3 is 5.97 Å². The van der Waals surface area contributed by atoms with Crippen molar-refractivity contribution in [2.24, 2.45) is 0 Å². The Hall–Kier alpha value is -3.52. The summed E-state index contributed by atoms with van der Waals surface area (Å²) in [4.78, 5) is 30.0. The van der Waals surface area contributed by atoms with Crippen molar-refractivity contribution >= 4 is 28.1 Å². The fraction of sp³-hybridized carbons (Fsp3) is 0.217. The Morgan fingerprint density at radius 2 is 1.94 bits per heavy atom. The Bertz CT molecular complexity index is 1300. The van der Waals surface area contributed by atoms with Gasteiger partial charge in [-0.15, -0.1) is 11.3 Å². The summed E-state index contributed by atoms with van der Waals surface area (Å²) in [5.74, 6) is 0.165. The van der Waals surface area contributed by atoms with Crippen LogP contribution >= 0.6 is 11.3 Å². The number of esters is 1. The lowest BCUT2D eigenvalue weighted by Gasteiger charge is -2.10. The molecule has 2 aromatic heterocycles. The Kier molecular flexibility index (Phi) is 6.08. The summed E-state index contributed by atoms with van der Waals surface area (Å²) in [6.07, 6.45) is 0.728. The molecule has 2 heterocycles. The number of methoxy groups -OCH3 is 1. The minimum Gasteiger partial charge on any atom is -0.497 e. The van der Waals surface area contributed by atoms with Gasteiger partial charge in [0.05, 0.1) is 18.2 Å². The van der Waals surface area contributed by atoms with Crippen LogP contribution in [0.5, 0.6) is 5.75 Å². The third kappa shape index (κ3) is 4.34. The minimum absolute atomic E-state index is 0.0161. The van der Waals surface area contributed by atoms with Crippen LogP contribution in [0.15, 0.2) is 58.7 Å². The second-order valence-corrected chi connectivity index (χ2v) is 7.73. The van der Waals surface area contributed by atoms with Crippen LogP contribution in [0.4, 0.5) is 0 Å². The maximum Gasteiger partial charge on any atom is 0.359 e. The number of ether oxygens (including phenoxy) is 2. The van der Waals surface area contributed by atoms with E-state index in [4.69, 9.17) is 9.47 Å². The molecule has 8 heteroatoms. The first-order chi connectivity index (χ1) is 15.1. The van der Waals surface area contributed by atoms with Crippen LogP contribution in [0.25, 0.3) is 21.3 Å². The summed E-state index contributed by atoms with van der Waals surface area (Å²) in [5, 5.41) is 7.87. The third-order valence-electron chi connectivity index (χ3n) is 4.72. The number of aromatic nitrogens is 3. The van der Waals surface area contributed by atoms with Gasteiger partial charge < -0.3 is 9.47 Å². The largest absolute Gasteiger partial charge is 0.497 e. The third-order valence-corrected chi connectivity index (χ3v) is 5.66. The number of fused-ring (bicyclic) bond motifs is 1. The van der Waals surface area contributed by atoms with Crippen molar-refractivity contribution < 1.29 is 14.3 Å². The van der Waals surface area contributed by atoms with E-state index in [0.717, 1.165) is 22.7 Å². The first-order valence-electron chi connectivity index (χ1n) is 9.86. The highest BCUT2D eigenvalue weighted by Crippen LogP contribution is 2.27. The summed E-state index contributed by atoms with van der Waals surface area (Å²) in [7, 11) is 1.62. The second kappa shape index (κ2) is 9.09. The zero-order valence-electron chi connectivity index (χ0n) is 17.2. The van der Waals surface area contributed by atoms with Crippen LogP contribution in [-0.2, 0) is 17.9 Å². The van der Waals surface area contributed by atoms with Gasteiger partial charge in [-0.05, 0) is 24.6 Å². The molecule has 0 N–H and O–H groups in total. The van der Waals surface area contributed by atoms with Crippen LogP contribution in [0.2, 0.25) is 0 Å². The molecule has 0 aliphatic rings. The molecular formula is C23H21N3O4S. The normalized spacial score (nSPS) is 10.9. The molecule has 0 saturated heterocycles. The number of aryl methyl sites for hydroxylation is 1. The van der Waals surface area contributed by atoms with E-state index in [1.54, 1.807) is 31.4 Å². The van der Waals surface area contributed by atoms with Crippen molar-refractivity contribution in [1.29, 1.82) is 0 Å². The highest BCUT2D eigenvalue weighted by atomic mass is 32.1. The van der Waals surface area contributed by atoms with Crippen LogP contribution in [0.1, 0.15) is 29.5 Å². The number of carbonyl (C=O) groups excluding carboxylic acids is 1. The highest BCUT2D eigenvalue weighted by molar-refractivity contribution is 7.13. The second-order valence-electron chi connectivity index (χ2n) is 6.87. The highest BCUT2D eigenvalue weighted by Gasteiger charge is 2.18. The van der Waals surface area contributed by atoms with Gasteiger partial charge in [0, 0.05) is 22.9 Å². The SMILES string of the molecule is CCCn1nc(C(=O)OCc2csc(-c3cccc(OC)c3)n2)c2ccccc2c1=O. The van der Waals surface area contributed by atoms with Crippen LogP contribution < -0.4 is 10.3 Å². The zero-order chi connectivity index (χ0) is 21.8. The predicted octanol–water partition coefficient (Wildman–Crippen LogP) is 4.30. The van der Waals surface area contributed by atoms with Crippen molar-refractivity contribution in [2.75, 3.05) is 7.11 Å². The number of rotatable bonds is 7. The van der Waals surface area contributed by atoms with Gasteiger partial charge in [-0.2, -0.15) is 5.10 Å². The molecular weight excluding hydrogens is 414 g/mol. The van der Waals surface area contributed by atoms with Crippen molar-refractivity contribution in [2.45, 2.75) is 26.5 Å². The van der Waals surface area contributed by atoms with Gasteiger partial charge in [-0.1, -0.05) is 37.3 Å². The molecule has 0 saturated carbocycles. The van der Waals surface area contributed by atoms with Gasteiger partial charge in [0.1, 0.15) is 17.4 Å². The number of carbonyl (C=O) groups is 1. The van der Waals surface area contributed by atoms with E-state index in [-0.39, 0.29) is 17.9 Å². The quantitative estimate of drug-likeness (QED) is 0.403. The Balaban J connectivity index is 1.56. The molecule has 0 atom stereocenters. The average Bonchev–Trinajstić information content (AvgIpc) is 3.29. The molecule has 0 aliphatic carbocycles. The zero-order valence-corrected chi connectivity index (χ0v) is 18.0. The van der Waals surface area contributed by atoms with Gasteiger partial charge in [0.2, 0.25) is 0 Å². The first kappa shape index (κ1) is 20.7. The van der Waals surface area contributed by atoms with E-state index in [0.29, 0.717) is 23.0 Å². The van der Waals surface area contributed by atoms with E-state index in [9.17, 15) is 9.59 Å². The number of hydrogen-bond donors (Lipinski definition) is 0. The van der Waals surface area contributed by atoms with Gasteiger partial charge in [0.25, 0.3) is 5.56 Å². The van der Waals surface area contributed by atoms with Crippen molar-refractivity contribution in [3.05, 3.63) is 75.7 Å². The first-order valence-corrected chi connectivity index (χ1v) is 10.7. The molecule has 0 spiro atoms. The molecule has 0 fully saturated rings. The Labute approximate surface area is 182 Å². The molecule has 31 heavy (non-hydrogen) atoms. The van der Waals surface area contributed by atoms with E-state index < -0.39 is 5.97 Å². The summed E-state index contributed by atoms with van der Waals surface area (Å²) in [5.41, 5.74) is 1.49. The van der Waals surface area contributed by atoms with Gasteiger partial charge in [-0.3, -0.25) is 4.79 Å². The molecule has 4 rings (SSSR count). The lowest BCUT2D eigenvalue weighted by atomic mass is 10.1. The number of benzene rings is 2. The van der Waals surface area contributed by atoms with E-state index in [2.05, 4.69) is 10.1 Å². The topological polar surface area (TPSA) is 83.3 Å². The summed E-state index contributed by atoms with van der Waals surface area (Å²) in [6.45, 7) is 2.39. The van der Waals surface area contributed by atoms with E-state index in [1.807, 2.05) is 36.6 Å². The van der Waals surface area contributed by atoms with E-state index in [1.165, 1.54) is 16.0 Å². The van der Waals surface area contributed by atoms with Crippen LogP contribution in [0.3, 0.4) is 0 Å². The lowest BCUT2D eigenvalue weighted by Crippen LogP contribution is -2.26. The van der Waals surface area contributed by atoms with Crippen LogP contribution in [-0.4, -0.2) is 27.8 Å². The van der Waals surface area contributed by atoms with Crippen LogP contribution in [0, 0.1) is 0 Å². The standard InChI is InChI=1S/C23H21N3O4S/c1-3-11-26-22(27)19-10-5-4-9-18(19)20(25-26)23(28)30-13-16-14-31-21(24-16)15-7-6-8-17(12-15)29-2/h4-10,12,14H,3,11,13H2,1-2H3. The lowest BCUT2D eigenvalue weighted by molar-refractivity contribution is 0.0461. The summed E-state index contributed by atoms with van der Waals surface area (Å²) < 4.78 is 12.1. The molecule has 0 aliphatic heterocycles. The average molecular weight is 436 g/mol. The van der Waals surface area contributed by atoms with Gasteiger partial charge in [-0.25, -0.2) is 14.5 Å². The van der Waals surface area contributed by atoms with E-state index >= 15 is 0 Å². The predicted molar refractivity (Wildman–Crippen MR) is 120 cm³/mol. The molecule has 2 aromatic carbocycles. The Morgan fingerprint density at radius 3 is 2.71 bits per heavy atom. The number of hydrogen-bond acceptors (Lipinski definition) is 7.